The summed E-state index contributed by atoms with van der Waals surface area (Å²) in [4.78, 5) is 1.38. The summed E-state index contributed by atoms with van der Waals surface area (Å²) >= 11 is 0. The molecule has 1 aromatic carbocycles. The molecule has 1 fully saturated rings. The van der Waals surface area contributed by atoms with Gasteiger partial charge >= 0.3 is 13.3 Å². The number of anilines is 1. The van der Waals surface area contributed by atoms with Crippen molar-refractivity contribution in [3.63, 3.8) is 0 Å². The fourth-order valence-corrected chi connectivity index (χ4v) is 3.00. The van der Waals surface area contributed by atoms with Crippen LogP contribution in [0.15, 0.2) is 18.2 Å². The van der Waals surface area contributed by atoms with Gasteiger partial charge in [-0.2, -0.15) is 13.2 Å². The van der Waals surface area contributed by atoms with Crippen molar-refractivity contribution in [2.45, 2.75) is 51.5 Å². The second-order valence-electron chi connectivity index (χ2n) is 7.26. The lowest BCUT2D eigenvalue weighted by Crippen LogP contribution is -2.41. The highest BCUT2D eigenvalue weighted by molar-refractivity contribution is 6.62. The van der Waals surface area contributed by atoms with Gasteiger partial charge in [-0.05, 0) is 51.2 Å². The van der Waals surface area contributed by atoms with E-state index in [9.17, 15) is 13.2 Å². The normalized spacial score (nSPS) is 22.6. The number of nitrogens with zero attached hydrogens (tertiary/aromatic N) is 1. The Balaban J connectivity index is 1.81. The van der Waals surface area contributed by atoms with Crippen molar-refractivity contribution in [3.05, 3.63) is 23.8 Å². The number of alkyl halides is 3. The van der Waals surface area contributed by atoms with Crippen LogP contribution in [-0.4, -0.2) is 37.6 Å². The molecule has 23 heavy (non-hydrogen) atoms. The standard InChI is InChI=1S/C16H21BF3NO2/c1-14(2)15(3,4)23-17(22-14)12-5-6-13-11(9-12)7-8-21(13)10-16(18,19)20/h5-6,9H,7-8,10H2,1-4H3. The van der Waals surface area contributed by atoms with E-state index in [2.05, 4.69) is 0 Å². The Kier molecular flexibility index (Phi) is 3.72. The summed E-state index contributed by atoms with van der Waals surface area (Å²) < 4.78 is 49.8. The Morgan fingerprint density at radius 3 is 2.30 bits per heavy atom. The molecule has 0 saturated carbocycles. The molecule has 126 valence electrons. The van der Waals surface area contributed by atoms with Crippen LogP contribution < -0.4 is 10.4 Å². The lowest BCUT2D eigenvalue weighted by atomic mass is 9.78. The van der Waals surface area contributed by atoms with Gasteiger partial charge in [0.15, 0.2) is 0 Å². The van der Waals surface area contributed by atoms with Crippen LogP contribution in [0.4, 0.5) is 18.9 Å². The molecule has 0 radical (unpaired) electrons. The Hall–Kier alpha value is -1.21. The zero-order valence-corrected chi connectivity index (χ0v) is 13.8. The number of hydrogen-bond donors (Lipinski definition) is 0. The zero-order chi connectivity index (χ0) is 17.0. The third kappa shape index (κ3) is 3.09. The molecule has 1 saturated heterocycles. The highest BCUT2D eigenvalue weighted by atomic mass is 19.4. The van der Waals surface area contributed by atoms with E-state index in [4.69, 9.17) is 9.31 Å². The first-order valence-corrected chi connectivity index (χ1v) is 7.79. The molecule has 2 heterocycles. The third-order valence-corrected chi connectivity index (χ3v) is 4.99. The van der Waals surface area contributed by atoms with Crippen LogP contribution in [0.2, 0.25) is 0 Å². The minimum absolute atomic E-state index is 0.391. The monoisotopic (exact) mass is 327 g/mol. The molecule has 0 bridgehead atoms. The number of rotatable bonds is 2. The maximum atomic E-state index is 12.6. The van der Waals surface area contributed by atoms with Gasteiger partial charge in [0.25, 0.3) is 0 Å². The van der Waals surface area contributed by atoms with Crippen molar-refractivity contribution in [1.82, 2.24) is 0 Å². The van der Waals surface area contributed by atoms with Crippen molar-refractivity contribution >= 4 is 18.3 Å². The highest BCUT2D eigenvalue weighted by Gasteiger charge is 2.51. The van der Waals surface area contributed by atoms with Gasteiger partial charge in [0, 0.05) is 12.2 Å². The van der Waals surface area contributed by atoms with Gasteiger partial charge in [-0.15, -0.1) is 0 Å². The largest absolute Gasteiger partial charge is 0.494 e. The summed E-state index contributed by atoms with van der Waals surface area (Å²) in [5, 5.41) is 0. The zero-order valence-electron chi connectivity index (χ0n) is 13.8. The molecule has 0 aliphatic carbocycles. The van der Waals surface area contributed by atoms with Crippen LogP contribution >= 0.6 is 0 Å². The smallest absolute Gasteiger partial charge is 0.399 e. The van der Waals surface area contributed by atoms with Crippen molar-refractivity contribution < 1.29 is 22.5 Å². The van der Waals surface area contributed by atoms with E-state index in [1.807, 2.05) is 33.8 Å². The summed E-state index contributed by atoms with van der Waals surface area (Å²) in [6, 6.07) is 5.46. The van der Waals surface area contributed by atoms with Gasteiger partial charge < -0.3 is 14.2 Å². The number of benzene rings is 1. The molecule has 0 amide bonds. The maximum Gasteiger partial charge on any atom is 0.494 e. The van der Waals surface area contributed by atoms with E-state index in [0.717, 1.165) is 11.0 Å². The molecule has 0 aromatic heterocycles. The SMILES string of the molecule is CC1(C)OB(c2ccc3c(c2)CCN3CC(F)(F)F)OC1(C)C. The first kappa shape index (κ1) is 16.6. The molecule has 0 unspecified atom stereocenters. The molecular formula is C16H21BF3NO2. The molecule has 0 spiro atoms. The van der Waals surface area contributed by atoms with Gasteiger partial charge in [-0.3, -0.25) is 0 Å². The van der Waals surface area contributed by atoms with Gasteiger partial charge in [-0.25, -0.2) is 0 Å². The van der Waals surface area contributed by atoms with E-state index in [1.54, 1.807) is 12.1 Å². The molecule has 0 N–H and O–H groups in total. The quantitative estimate of drug-likeness (QED) is 0.780. The average molecular weight is 327 g/mol. The summed E-state index contributed by atoms with van der Waals surface area (Å²) in [6.45, 7) is 7.39. The lowest BCUT2D eigenvalue weighted by Gasteiger charge is -2.32. The Bertz CT molecular complexity index is 600. The molecule has 1 aromatic rings. The topological polar surface area (TPSA) is 21.7 Å². The lowest BCUT2D eigenvalue weighted by molar-refractivity contribution is -0.119. The second kappa shape index (κ2) is 5.15. The number of halogens is 3. The minimum Gasteiger partial charge on any atom is -0.399 e. The Labute approximate surface area is 134 Å². The molecule has 0 atom stereocenters. The molecule has 3 rings (SSSR count). The van der Waals surface area contributed by atoms with Gasteiger partial charge in [0.1, 0.15) is 6.54 Å². The fourth-order valence-electron chi connectivity index (χ4n) is 3.00. The van der Waals surface area contributed by atoms with E-state index in [0.29, 0.717) is 18.7 Å². The number of hydrogen-bond acceptors (Lipinski definition) is 3. The van der Waals surface area contributed by atoms with Crippen LogP contribution in [0.3, 0.4) is 0 Å². The summed E-state index contributed by atoms with van der Waals surface area (Å²) in [7, 11) is -0.484. The first-order valence-electron chi connectivity index (χ1n) is 7.79. The molecule has 2 aliphatic rings. The molecule has 3 nitrogen and oxygen atoms in total. The van der Waals surface area contributed by atoms with E-state index in [-0.39, 0.29) is 0 Å². The van der Waals surface area contributed by atoms with E-state index < -0.39 is 31.0 Å². The van der Waals surface area contributed by atoms with Crippen LogP contribution in [0.25, 0.3) is 0 Å². The van der Waals surface area contributed by atoms with E-state index >= 15 is 0 Å². The highest BCUT2D eigenvalue weighted by Crippen LogP contribution is 2.37. The molecule has 2 aliphatic heterocycles. The van der Waals surface area contributed by atoms with Crippen molar-refractivity contribution in [2.24, 2.45) is 0 Å². The van der Waals surface area contributed by atoms with E-state index in [1.165, 1.54) is 4.90 Å². The maximum absolute atomic E-state index is 12.6. The third-order valence-electron chi connectivity index (χ3n) is 4.99. The Morgan fingerprint density at radius 2 is 1.74 bits per heavy atom. The average Bonchev–Trinajstić information content (AvgIpc) is 2.86. The number of fused-ring (bicyclic) bond motifs is 1. The van der Waals surface area contributed by atoms with Crippen LogP contribution in [0.5, 0.6) is 0 Å². The van der Waals surface area contributed by atoms with Crippen molar-refractivity contribution in [1.29, 1.82) is 0 Å². The van der Waals surface area contributed by atoms with Crippen molar-refractivity contribution in [3.8, 4) is 0 Å². The fraction of sp³-hybridized carbons (Fsp3) is 0.625. The van der Waals surface area contributed by atoms with Crippen LogP contribution in [-0.2, 0) is 15.7 Å². The Morgan fingerprint density at radius 1 is 1.13 bits per heavy atom. The van der Waals surface area contributed by atoms with Gasteiger partial charge in [-0.1, -0.05) is 12.1 Å². The second-order valence-corrected chi connectivity index (χ2v) is 7.26. The minimum atomic E-state index is -4.19. The van der Waals surface area contributed by atoms with Crippen molar-refractivity contribution in [2.75, 3.05) is 18.0 Å². The molecular weight excluding hydrogens is 306 g/mol. The predicted octanol–water partition coefficient (Wildman–Crippen LogP) is 2.91. The van der Waals surface area contributed by atoms with Crippen LogP contribution in [0, 0.1) is 0 Å². The van der Waals surface area contributed by atoms with Gasteiger partial charge in [0.2, 0.25) is 0 Å². The predicted molar refractivity (Wildman–Crippen MR) is 84.1 cm³/mol. The summed E-state index contributed by atoms with van der Waals surface area (Å²) in [6.07, 6.45) is -3.58. The van der Waals surface area contributed by atoms with Crippen LogP contribution in [0.1, 0.15) is 33.3 Å². The van der Waals surface area contributed by atoms with Gasteiger partial charge in [0.05, 0.1) is 11.2 Å². The summed E-state index contributed by atoms with van der Waals surface area (Å²) in [5.74, 6) is 0. The summed E-state index contributed by atoms with van der Waals surface area (Å²) in [5.41, 5.74) is 1.57. The first-order chi connectivity index (χ1) is 10.5. The molecule has 7 heteroatoms.